The Labute approximate surface area is 165 Å². The lowest BCUT2D eigenvalue weighted by Crippen LogP contribution is -2.49. The van der Waals surface area contributed by atoms with Gasteiger partial charge in [0.05, 0.1) is 4.90 Å². The zero-order chi connectivity index (χ0) is 20.3. The number of hydrogen-bond acceptors (Lipinski definition) is 4. The molecule has 8 heteroatoms. The Balaban J connectivity index is 1.63. The largest absolute Gasteiger partial charge is 0.273 e. The first kappa shape index (κ1) is 20.3. The van der Waals surface area contributed by atoms with Crippen molar-refractivity contribution in [1.82, 2.24) is 15.2 Å². The van der Waals surface area contributed by atoms with E-state index in [2.05, 4.69) is 10.9 Å². The van der Waals surface area contributed by atoms with Gasteiger partial charge >= 0.3 is 0 Å². The highest BCUT2D eigenvalue weighted by atomic mass is 32.2. The van der Waals surface area contributed by atoms with Crippen LogP contribution in [0.1, 0.15) is 26.7 Å². The Morgan fingerprint density at radius 2 is 1.64 bits per heavy atom. The highest BCUT2D eigenvalue weighted by molar-refractivity contribution is 7.89. The first-order chi connectivity index (χ1) is 13.3. The summed E-state index contributed by atoms with van der Waals surface area (Å²) in [5.41, 5.74) is 4.83. The fourth-order valence-corrected chi connectivity index (χ4v) is 4.71. The molecule has 0 bridgehead atoms. The lowest BCUT2D eigenvalue weighted by molar-refractivity contribution is -0.133. The Morgan fingerprint density at radius 3 is 2.29 bits per heavy atom. The third-order valence-corrected chi connectivity index (χ3v) is 6.91. The summed E-state index contributed by atoms with van der Waals surface area (Å²) >= 11 is 0. The third-order valence-electron chi connectivity index (χ3n) is 5.02. The van der Waals surface area contributed by atoms with Gasteiger partial charge in [0.2, 0.25) is 21.8 Å². The van der Waals surface area contributed by atoms with Crippen LogP contribution in [0.3, 0.4) is 0 Å². The van der Waals surface area contributed by atoms with Crippen molar-refractivity contribution in [3.8, 4) is 0 Å². The number of piperidine rings is 1. The molecule has 2 amide bonds. The van der Waals surface area contributed by atoms with Gasteiger partial charge in [0.15, 0.2) is 0 Å². The molecule has 1 saturated heterocycles. The maximum absolute atomic E-state index is 13.0. The molecular weight excluding hydrogens is 378 g/mol. The van der Waals surface area contributed by atoms with Crippen molar-refractivity contribution in [3.63, 3.8) is 0 Å². The first-order valence-corrected chi connectivity index (χ1v) is 10.8. The summed E-state index contributed by atoms with van der Waals surface area (Å²) in [6, 6.07) is 12.7. The number of sulfonamides is 1. The van der Waals surface area contributed by atoms with Gasteiger partial charge in [-0.2, -0.15) is 4.31 Å². The molecule has 0 atom stereocenters. The molecule has 0 saturated carbocycles. The summed E-state index contributed by atoms with van der Waals surface area (Å²) in [4.78, 5) is 24.0. The molecule has 1 heterocycles. The highest BCUT2D eigenvalue weighted by Crippen LogP contribution is 2.26. The number of benzene rings is 2. The van der Waals surface area contributed by atoms with Gasteiger partial charge in [0.25, 0.3) is 0 Å². The second kappa shape index (κ2) is 8.28. The van der Waals surface area contributed by atoms with E-state index in [4.69, 9.17) is 0 Å². The molecule has 1 aliphatic heterocycles. The minimum Gasteiger partial charge on any atom is -0.273 e. The van der Waals surface area contributed by atoms with Crippen LogP contribution in [-0.2, 0) is 19.6 Å². The van der Waals surface area contributed by atoms with E-state index in [-0.39, 0.29) is 41.6 Å². The molecule has 150 valence electrons. The van der Waals surface area contributed by atoms with Gasteiger partial charge in [-0.05, 0) is 35.7 Å². The van der Waals surface area contributed by atoms with Gasteiger partial charge in [-0.1, -0.05) is 44.2 Å². The summed E-state index contributed by atoms with van der Waals surface area (Å²) in [7, 11) is -3.61. The summed E-state index contributed by atoms with van der Waals surface area (Å²) in [6.07, 6.45) is 0.826. The van der Waals surface area contributed by atoms with Crippen molar-refractivity contribution in [3.05, 3.63) is 42.5 Å². The van der Waals surface area contributed by atoms with Crippen molar-refractivity contribution in [2.45, 2.75) is 31.6 Å². The van der Waals surface area contributed by atoms with Crippen LogP contribution >= 0.6 is 0 Å². The molecule has 0 radical (unpaired) electrons. The molecule has 1 aliphatic rings. The molecule has 0 aromatic heterocycles. The lowest BCUT2D eigenvalue weighted by Gasteiger charge is -2.30. The molecule has 2 N–H and O–H groups in total. The molecule has 1 fully saturated rings. The van der Waals surface area contributed by atoms with Crippen LogP contribution in [0.15, 0.2) is 47.4 Å². The van der Waals surface area contributed by atoms with Crippen LogP contribution in [0.25, 0.3) is 10.8 Å². The van der Waals surface area contributed by atoms with E-state index in [0.29, 0.717) is 12.8 Å². The van der Waals surface area contributed by atoms with E-state index >= 15 is 0 Å². The Hall–Kier alpha value is -2.45. The van der Waals surface area contributed by atoms with E-state index in [0.717, 1.165) is 10.8 Å². The Bertz CT molecular complexity index is 980. The van der Waals surface area contributed by atoms with Gasteiger partial charge in [-0.15, -0.1) is 0 Å². The van der Waals surface area contributed by atoms with Crippen LogP contribution in [0, 0.1) is 11.8 Å². The first-order valence-electron chi connectivity index (χ1n) is 9.37. The molecule has 7 nitrogen and oxygen atoms in total. The summed E-state index contributed by atoms with van der Waals surface area (Å²) in [5, 5.41) is 1.86. The number of nitrogens with zero attached hydrogens (tertiary/aromatic N) is 1. The number of amides is 2. The number of carbonyl (C=O) groups is 2. The van der Waals surface area contributed by atoms with E-state index in [1.807, 2.05) is 24.3 Å². The van der Waals surface area contributed by atoms with Crippen LogP contribution in [0.4, 0.5) is 0 Å². The minimum atomic E-state index is -3.61. The number of carbonyl (C=O) groups excluding carboxylic acids is 2. The quantitative estimate of drug-likeness (QED) is 0.764. The predicted octanol–water partition coefficient (Wildman–Crippen LogP) is 2.04. The fourth-order valence-electron chi connectivity index (χ4n) is 3.20. The number of hydrazine groups is 1. The van der Waals surface area contributed by atoms with E-state index < -0.39 is 10.0 Å². The number of fused-ring (bicyclic) bond motifs is 1. The van der Waals surface area contributed by atoms with Crippen molar-refractivity contribution in [2.24, 2.45) is 11.8 Å². The zero-order valence-electron chi connectivity index (χ0n) is 16.0. The molecular formula is C20H25N3O4S. The molecule has 0 spiro atoms. The SMILES string of the molecule is CC(C)C(=O)NNC(=O)C1CCN(S(=O)(=O)c2ccc3ccccc3c2)CC1. The van der Waals surface area contributed by atoms with Crippen LogP contribution in [0.5, 0.6) is 0 Å². The number of nitrogens with one attached hydrogen (secondary N) is 2. The lowest BCUT2D eigenvalue weighted by atomic mass is 9.98. The van der Waals surface area contributed by atoms with Crippen LogP contribution in [0.2, 0.25) is 0 Å². The normalized spacial score (nSPS) is 16.2. The zero-order valence-corrected chi connectivity index (χ0v) is 16.8. The summed E-state index contributed by atoms with van der Waals surface area (Å²) < 4.78 is 27.4. The van der Waals surface area contributed by atoms with Crippen molar-refractivity contribution >= 4 is 32.6 Å². The Morgan fingerprint density at radius 1 is 1.00 bits per heavy atom. The van der Waals surface area contributed by atoms with Gasteiger partial charge in [0.1, 0.15) is 0 Å². The van der Waals surface area contributed by atoms with Crippen LogP contribution < -0.4 is 10.9 Å². The fraction of sp³-hybridized carbons (Fsp3) is 0.400. The Kier molecular flexibility index (Phi) is 6.00. The summed E-state index contributed by atoms with van der Waals surface area (Å²) in [6.45, 7) is 4.01. The van der Waals surface area contributed by atoms with E-state index in [1.165, 1.54) is 4.31 Å². The van der Waals surface area contributed by atoms with Crippen molar-refractivity contribution in [2.75, 3.05) is 13.1 Å². The van der Waals surface area contributed by atoms with Gasteiger partial charge in [-0.25, -0.2) is 8.42 Å². The summed E-state index contributed by atoms with van der Waals surface area (Å²) in [5.74, 6) is -1.09. The maximum atomic E-state index is 13.0. The van der Waals surface area contributed by atoms with Crippen molar-refractivity contribution < 1.29 is 18.0 Å². The van der Waals surface area contributed by atoms with E-state index in [9.17, 15) is 18.0 Å². The second-order valence-corrected chi connectivity index (χ2v) is 9.26. The molecule has 2 aromatic carbocycles. The van der Waals surface area contributed by atoms with Gasteiger partial charge in [-0.3, -0.25) is 20.4 Å². The molecule has 3 rings (SSSR count). The number of hydrogen-bond donors (Lipinski definition) is 2. The maximum Gasteiger partial charge on any atom is 0.243 e. The molecule has 2 aromatic rings. The van der Waals surface area contributed by atoms with Gasteiger partial charge in [0, 0.05) is 24.9 Å². The average molecular weight is 404 g/mol. The minimum absolute atomic E-state index is 0.228. The molecule has 28 heavy (non-hydrogen) atoms. The highest BCUT2D eigenvalue weighted by Gasteiger charge is 2.32. The topological polar surface area (TPSA) is 95.6 Å². The standard InChI is InChI=1S/C20H25N3O4S/c1-14(2)19(24)21-22-20(25)16-9-11-23(12-10-16)28(26,27)18-8-7-15-5-3-4-6-17(15)13-18/h3-8,13-14,16H,9-12H2,1-2H3,(H,21,24)(H,22,25). The monoisotopic (exact) mass is 403 g/mol. The second-order valence-electron chi connectivity index (χ2n) is 7.32. The van der Waals surface area contributed by atoms with Gasteiger partial charge < -0.3 is 0 Å². The third kappa shape index (κ3) is 4.34. The van der Waals surface area contributed by atoms with Crippen LogP contribution in [-0.4, -0.2) is 37.6 Å². The van der Waals surface area contributed by atoms with Crippen molar-refractivity contribution in [1.29, 1.82) is 0 Å². The molecule has 0 aliphatic carbocycles. The predicted molar refractivity (Wildman–Crippen MR) is 107 cm³/mol. The average Bonchev–Trinajstić information content (AvgIpc) is 2.71. The number of rotatable bonds is 4. The smallest absolute Gasteiger partial charge is 0.243 e. The van der Waals surface area contributed by atoms with E-state index in [1.54, 1.807) is 32.0 Å². The molecule has 0 unspecified atom stereocenters.